The third kappa shape index (κ3) is 5.93. The minimum absolute atomic E-state index is 0. The van der Waals surface area contributed by atoms with Gasteiger partial charge in [-0.15, -0.1) is 0 Å². The first-order valence-corrected chi connectivity index (χ1v) is 7.08. The molecule has 0 aromatic heterocycles. The van der Waals surface area contributed by atoms with Gasteiger partial charge in [0.25, 0.3) is 0 Å². The van der Waals surface area contributed by atoms with Crippen molar-refractivity contribution in [2.24, 2.45) is 0 Å². The fraction of sp³-hybridized carbons (Fsp3) is 0.222. The number of benzene rings is 2. The van der Waals surface area contributed by atoms with Crippen molar-refractivity contribution in [3.05, 3.63) is 72.1 Å². The summed E-state index contributed by atoms with van der Waals surface area (Å²) in [5.41, 5.74) is 2.13. The van der Waals surface area contributed by atoms with E-state index in [-0.39, 0.29) is 18.2 Å². The van der Waals surface area contributed by atoms with Crippen LogP contribution in [-0.4, -0.2) is 13.7 Å². The molecule has 0 unspecified atom stereocenters. The average Bonchev–Trinajstić information content (AvgIpc) is 2.55. The molecule has 0 heterocycles. The van der Waals surface area contributed by atoms with Gasteiger partial charge in [0.05, 0.1) is 7.11 Å². The van der Waals surface area contributed by atoms with Crippen molar-refractivity contribution in [2.75, 3.05) is 13.7 Å². The Morgan fingerprint density at radius 3 is 2.35 bits per heavy atom. The second kappa shape index (κ2) is 9.87. The summed E-state index contributed by atoms with van der Waals surface area (Å²) in [6.45, 7) is 5.44. The Labute approximate surface area is 142 Å². The number of halogens is 2. The lowest BCUT2D eigenvalue weighted by Gasteiger charge is -2.11. The normalized spacial score (nSPS) is 9.83. The number of hydrogen-bond donors (Lipinski definition) is 1. The fourth-order valence-corrected chi connectivity index (χ4v) is 2.04. The molecule has 0 radical (unpaired) electrons. The van der Waals surface area contributed by atoms with Crippen LogP contribution in [0.15, 0.2) is 55.1 Å². The molecule has 2 rings (SSSR count). The number of ether oxygens (including phenoxy) is 2. The zero-order valence-corrected chi connectivity index (χ0v) is 13.8. The lowest BCUT2D eigenvalue weighted by molar-refractivity contribution is -0.00000573. The summed E-state index contributed by atoms with van der Waals surface area (Å²) >= 11 is 0. The summed E-state index contributed by atoms with van der Waals surface area (Å²) in [5, 5.41) is 3.32. The molecule has 0 amide bonds. The molecular formula is C18H20ClFNO2-. The van der Waals surface area contributed by atoms with Gasteiger partial charge >= 0.3 is 0 Å². The van der Waals surface area contributed by atoms with Crippen LogP contribution in [0.25, 0.3) is 0 Å². The largest absolute Gasteiger partial charge is 1.00 e. The highest BCUT2D eigenvalue weighted by molar-refractivity contribution is 5.43. The van der Waals surface area contributed by atoms with E-state index >= 15 is 0 Å². The highest BCUT2D eigenvalue weighted by Crippen LogP contribution is 2.28. The number of methoxy groups -OCH3 is 1. The third-order valence-electron chi connectivity index (χ3n) is 3.16. The molecule has 0 saturated carbocycles. The molecule has 0 aliphatic heterocycles. The minimum Gasteiger partial charge on any atom is -1.00 e. The molecule has 0 aliphatic rings. The lowest BCUT2D eigenvalue weighted by atomic mass is 10.2. The minimum atomic E-state index is -0.219. The van der Waals surface area contributed by atoms with Gasteiger partial charge in [-0.25, -0.2) is 4.39 Å². The first-order chi connectivity index (χ1) is 10.7. The fourth-order valence-electron chi connectivity index (χ4n) is 2.04. The second-order valence-electron chi connectivity index (χ2n) is 4.81. The van der Waals surface area contributed by atoms with Gasteiger partial charge in [0.15, 0.2) is 11.5 Å². The van der Waals surface area contributed by atoms with Crippen LogP contribution in [0.3, 0.4) is 0 Å². The zero-order valence-electron chi connectivity index (χ0n) is 13.0. The van der Waals surface area contributed by atoms with Crippen molar-refractivity contribution < 1.29 is 26.3 Å². The molecular weight excluding hydrogens is 317 g/mol. The number of rotatable bonds is 8. The average molecular weight is 337 g/mol. The Balaban J connectivity index is 0.00000264. The van der Waals surface area contributed by atoms with E-state index in [1.807, 2.05) is 18.2 Å². The molecule has 0 spiro atoms. The number of hydrogen-bond acceptors (Lipinski definition) is 3. The molecule has 1 N–H and O–H groups in total. The van der Waals surface area contributed by atoms with Crippen LogP contribution in [0.2, 0.25) is 0 Å². The Bertz CT molecular complexity index is 617. The van der Waals surface area contributed by atoms with Gasteiger partial charge in [-0.3, -0.25) is 0 Å². The Morgan fingerprint density at radius 2 is 1.70 bits per heavy atom. The monoisotopic (exact) mass is 336 g/mol. The van der Waals surface area contributed by atoms with Crippen molar-refractivity contribution >= 4 is 0 Å². The van der Waals surface area contributed by atoms with Crippen LogP contribution in [-0.2, 0) is 13.1 Å². The van der Waals surface area contributed by atoms with Crippen LogP contribution < -0.4 is 27.2 Å². The summed E-state index contributed by atoms with van der Waals surface area (Å²) in [6, 6.07) is 12.3. The van der Waals surface area contributed by atoms with Gasteiger partial charge in [0.1, 0.15) is 12.4 Å². The first kappa shape index (κ1) is 19.0. The Kier molecular flexibility index (Phi) is 8.16. The van der Waals surface area contributed by atoms with Crippen LogP contribution in [0.5, 0.6) is 11.5 Å². The van der Waals surface area contributed by atoms with Crippen LogP contribution in [0.4, 0.5) is 4.39 Å². The van der Waals surface area contributed by atoms with E-state index in [2.05, 4.69) is 11.9 Å². The first-order valence-electron chi connectivity index (χ1n) is 7.08. The Hall–Kier alpha value is -2.04. The summed E-state index contributed by atoms with van der Waals surface area (Å²) in [6.07, 6.45) is 1.69. The van der Waals surface area contributed by atoms with Crippen LogP contribution in [0.1, 0.15) is 11.1 Å². The van der Waals surface area contributed by atoms with Gasteiger partial charge < -0.3 is 27.2 Å². The zero-order chi connectivity index (χ0) is 15.8. The molecule has 0 saturated heterocycles. The van der Waals surface area contributed by atoms with E-state index in [0.29, 0.717) is 31.2 Å². The van der Waals surface area contributed by atoms with Crippen molar-refractivity contribution in [2.45, 2.75) is 13.1 Å². The second-order valence-corrected chi connectivity index (χ2v) is 4.81. The molecule has 5 heteroatoms. The molecule has 23 heavy (non-hydrogen) atoms. The Morgan fingerprint density at radius 1 is 1.04 bits per heavy atom. The van der Waals surface area contributed by atoms with Crippen molar-refractivity contribution in [3.8, 4) is 11.5 Å². The van der Waals surface area contributed by atoms with Crippen LogP contribution >= 0.6 is 0 Å². The number of nitrogens with one attached hydrogen (secondary N) is 1. The maximum absolute atomic E-state index is 12.8. The van der Waals surface area contributed by atoms with Crippen molar-refractivity contribution in [3.63, 3.8) is 0 Å². The molecule has 0 bridgehead atoms. The molecule has 3 nitrogen and oxygen atoms in total. The van der Waals surface area contributed by atoms with E-state index in [1.165, 1.54) is 12.1 Å². The SMILES string of the molecule is C=CCOc1ccc(CNCc2ccc(F)cc2)cc1OC.[Cl-]. The maximum Gasteiger partial charge on any atom is 0.161 e. The quantitative estimate of drug-likeness (QED) is 0.720. The van der Waals surface area contributed by atoms with Gasteiger partial charge in [-0.1, -0.05) is 30.9 Å². The van der Waals surface area contributed by atoms with Gasteiger partial charge in [-0.05, 0) is 35.4 Å². The smallest absolute Gasteiger partial charge is 0.161 e. The summed E-state index contributed by atoms with van der Waals surface area (Å²) in [7, 11) is 1.62. The van der Waals surface area contributed by atoms with Gasteiger partial charge in [0.2, 0.25) is 0 Å². The van der Waals surface area contributed by atoms with E-state index < -0.39 is 0 Å². The molecule has 0 aliphatic carbocycles. The topological polar surface area (TPSA) is 30.5 Å². The summed E-state index contributed by atoms with van der Waals surface area (Å²) < 4.78 is 23.7. The lowest BCUT2D eigenvalue weighted by Crippen LogP contribution is -3.00. The van der Waals surface area contributed by atoms with E-state index in [1.54, 1.807) is 25.3 Å². The van der Waals surface area contributed by atoms with Gasteiger partial charge in [-0.2, -0.15) is 0 Å². The third-order valence-corrected chi connectivity index (χ3v) is 3.16. The van der Waals surface area contributed by atoms with E-state index in [0.717, 1.165) is 11.1 Å². The molecule has 2 aromatic rings. The van der Waals surface area contributed by atoms with Crippen molar-refractivity contribution in [1.82, 2.24) is 5.32 Å². The van der Waals surface area contributed by atoms with E-state index in [9.17, 15) is 4.39 Å². The van der Waals surface area contributed by atoms with Gasteiger partial charge in [0, 0.05) is 13.1 Å². The van der Waals surface area contributed by atoms with Crippen LogP contribution in [0, 0.1) is 5.82 Å². The standard InChI is InChI=1S/C18H20FNO2.ClH/c1-3-10-22-17-9-6-15(11-18(17)21-2)13-20-12-14-4-7-16(19)8-5-14;/h3-9,11,20H,1,10,12-13H2,2H3;1H/p-1. The molecule has 124 valence electrons. The maximum atomic E-state index is 12.8. The van der Waals surface area contributed by atoms with E-state index in [4.69, 9.17) is 9.47 Å². The highest BCUT2D eigenvalue weighted by atomic mass is 35.5. The summed E-state index contributed by atoms with van der Waals surface area (Å²) in [5.74, 6) is 1.18. The van der Waals surface area contributed by atoms with Crippen molar-refractivity contribution in [1.29, 1.82) is 0 Å². The summed E-state index contributed by atoms with van der Waals surface area (Å²) in [4.78, 5) is 0. The highest BCUT2D eigenvalue weighted by Gasteiger charge is 2.05. The molecule has 0 fully saturated rings. The molecule has 2 aromatic carbocycles. The predicted octanol–water partition coefficient (Wildman–Crippen LogP) is 0.693. The predicted molar refractivity (Wildman–Crippen MR) is 85.6 cm³/mol. The molecule has 0 atom stereocenters.